The van der Waals surface area contributed by atoms with Crippen LogP contribution in [0.3, 0.4) is 0 Å². The molecule has 0 aromatic heterocycles. The molecule has 2 rings (SSSR count). The SMILES string of the molecule is CC(=O)OCCc1ccc(Nc2cc(Cl)c(C(F)(F)F)cc2N)cc1. The number of esters is 1. The second kappa shape index (κ2) is 7.65. The highest BCUT2D eigenvalue weighted by Crippen LogP contribution is 2.39. The summed E-state index contributed by atoms with van der Waals surface area (Å²) in [7, 11) is 0. The molecule has 2 aromatic rings. The molecule has 3 N–H and O–H groups in total. The van der Waals surface area contributed by atoms with Crippen LogP contribution in [0.2, 0.25) is 5.02 Å². The molecule has 0 saturated heterocycles. The first-order valence-corrected chi connectivity index (χ1v) is 7.70. The van der Waals surface area contributed by atoms with Gasteiger partial charge < -0.3 is 15.8 Å². The first-order chi connectivity index (χ1) is 11.7. The number of benzene rings is 2. The number of ether oxygens (including phenoxy) is 1. The molecule has 2 aromatic carbocycles. The highest BCUT2D eigenvalue weighted by Gasteiger charge is 2.33. The van der Waals surface area contributed by atoms with Crippen molar-refractivity contribution < 1.29 is 22.7 Å². The van der Waals surface area contributed by atoms with E-state index in [0.29, 0.717) is 12.1 Å². The summed E-state index contributed by atoms with van der Waals surface area (Å²) in [5.41, 5.74) is 6.53. The van der Waals surface area contributed by atoms with Gasteiger partial charge in [0, 0.05) is 19.0 Å². The van der Waals surface area contributed by atoms with Crippen LogP contribution in [0, 0.1) is 0 Å². The van der Waals surface area contributed by atoms with Crippen LogP contribution in [0.15, 0.2) is 36.4 Å². The molecule has 0 aliphatic rings. The van der Waals surface area contributed by atoms with Gasteiger partial charge in [0.15, 0.2) is 0 Å². The van der Waals surface area contributed by atoms with Gasteiger partial charge in [-0.1, -0.05) is 23.7 Å². The van der Waals surface area contributed by atoms with Gasteiger partial charge in [0.1, 0.15) is 0 Å². The Morgan fingerprint density at radius 2 is 1.88 bits per heavy atom. The van der Waals surface area contributed by atoms with Crippen LogP contribution in [0.1, 0.15) is 18.1 Å². The molecule has 0 heterocycles. The highest BCUT2D eigenvalue weighted by atomic mass is 35.5. The Morgan fingerprint density at radius 3 is 2.44 bits per heavy atom. The van der Waals surface area contributed by atoms with Crippen molar-refractivity contribution in [2.75, 3.05) is 17.7 Å². The Hall–Kier alpha value is -2.41. The number of nitrogen functional groups attached to an aromatic ring is 1. The van der Waals surface area contributed by atoms with Gasteiger partial charge in [-0.2, -0.15) is 13.2 Å². The number of carbonyl (C=O) groups is 1. The lowest BCUT2D eigenvalue weighted by Gasteiger charge is -2.15. The monoisotopic (exact) mass is 372 g/mol. The molecule has 4 nitrogen and oxygen atoms in total. The molecule has 0 fully saturated rings. The Balaban J connectivity index is 2.09. The molecule has 134 valence electrons. The smallest absolute Gasteiger partial charge is 0.417 e. The van der Waals surface area contributed by atoms with E-state index in [4.69, 9.17) is 22.1 Å². The normalized spacial score (nSPS) is 11.2. The van der Waals surface area contributed by atoms with E-state index in [1.54, 1.807) is 12.1 Å². The standard InChI is InChI=1S/C17H16ClF3N2O2/c1-10(24)25-7-6-11-2-4-12(5-3-11)23-16-9-14(18)13(8-15(16)22)17(19,20)21/h2-5,8-9,23H,6-7,22H2,1H3. The van der Waals surface area contributed by atoms with Crippen LogP contribution < -0.4 is 11.1 Å². The minimum Gasteiger partial charge on any atom is -0.466 e. The first kappa shape index (κ1) is 18.9. The average Bonchev–Trinajstić information content (AvgIpc) is 2.51. The quantitative estimate of drug-likeness (QED) is 0.585. The van der Waals surface area contributed by atoms with Crippen LogP contribution in [-0.2, 0) is 22.1 Å². The first-order valence-electron chi connectivity index (χ1n) is 7.32. The number of hydrogen-bond acceptors (Lipinski definition) is 4. The second-order valence-corrected chi connectivity index (χ2v) is 5.74. The molecule has 25 heavy (non-hydrogen) atoms. The predicted octanol–water partition coefficient (Wildman–Crippen LogP) is 4.79. The molecular weight excluding hydrogens is 357 g/mol. The van der Waals surface area contributed by atoms with Gasteiger partial charge in [0.05, 0.1) is 28.6 Å². The molecule has 0 atom stereocenters. The van der Waals surface area contributed by atoms with Crippen LogP contribution in [-0.4, -0.2) is 12.6 Å². The zero-order chi connectivity index (χ0) is 18.6. The summed E-state index contributed by atoms with van der Waals surface area (Å²) >= 11 is 5.70. The van der Waals surface area contributed by atoms with E-state index in [0.717, 1.165) is 17.7 Å². The van der Waals surface area contributed by atoms with Crippen molar-refractivity contribution in [3.05, 3.63) is 52.5 Å². The summed E-state index contributed by atoms with van der Waals surface area (Å²) in [6, 6.07) is 9.07. The minimum absolute atomic E-state index is 0.0596. The third kappa shape index (κ3) is 5.29. The van der Waals surface area contributed by atoms with E-state index < -0.39 is 16.8 Å². The maximum atomic E-state index is 12.8. The van der Waals surface area contributed by atoms with Gasteiger partial charge in [-0.05, 0) is 29.8 Å². The molecule has 0 radical (unpaired) electrons. The van der Waals surface area contributed by atoms with E-state index in [-0.39, 0.29) is 24.0 Å². The van der Waals surface area contributed by atoms with Crippen molar-refractivity contribution in [1.29, 1.82) is 0 Å². The van der Waals surface area contributed by atoms with Crippen molar-refractivity contribution in [3.8, 4) is 0 Å². The van der Waals surface area contributed by atoms with Crippen molar-refractivity contribution in [2.45, 2.75) is 19.5 Å². The third-order valence-corrected chi connectivity index (χ3v) is 3.69. The van der Waals surface area contributed by atoms with Crippen LogP contribution in [0.4, 0.5) is 30.2 Å². The maximum absolute atomic E-state index is 12.8. The summed E-state index contributed by atoms with van der Waals surface area (Å²) in [4.78, 5) is 10.7. The molecule has 0 aliphatic heterocycles. The number of alkyl halides is 3. The number of halogens is 4. The zero-order valence-corrected chi connectivity index (χ0v) is 14.0. The molecule has 8 heteroatoms. The fourth-order valence-electron chi connectivity index (χ4n) is 2.14. The topological polar surface area (TPSA) is 64.3 Å². The van der Waals surface area contributed by atoms with Gasteiger partial charge in [0.25, 0.3) is 0 Å². The van der Waals surface area contributed by atoms with Crippen molar-refractivity contribution in [2.24, 2.45) is 0 Å². The number of rotatable bonds is 5. The van der Waals surface area contributed by atoms with Gasteiger partial charge in [-0.3, -0.25) is 4.79 Å². The fourth-order valence-corrected chi connectivity index (χ4v) is 2.41. The van der Waals surface area contributed by atoms with E-state index in [2.05, 4.69) is 5.32 Å². The minimum atomic E-state index is -4.56. The number of nitrogens with two attached hydrogens (primary N) is 1. The van der Waals surface area contributed by atoms with Crippen molar-refractivity contribution >= 4 is 34.6 Å². The number of carbonyl (C=O) groups excluding carboxylic acids is 1. The van der Waals surface area contributed by atoms with Crippen molar-refractivity contribution in [1.82, 2.24) is 0 Å². The molecule has 0 spiro atoms. The lowest BCUT2D eigenvalue weighted by atomic mass is 10.1. The van der Waals surface area contributed by atoms with E-state index in [1.165, 1.54) is 6.92 Å². The molecular formula is C17H16ClF3N2O2. The van der Waals surface area contributed by atoms with Gasteiger partial charge in [-0.15, -0.1) is 0 Å². The summed E-state index contributed by atoms with van der Waals surface area (Å²) in [5, 5.41) is 2.50. The van der Waals surface area contributed by atoms with E-state index in [9.17, 15) is 18.0 Å². The summed E-state index contributed by atoms with van der Waals surface area (Å²) in [6.45, 7) is 1.62. The Labute approximate surface area is 147 Å². The van der Waals surface area contributed by atoms with Gasteiger partial charge in [-0.25, -0.2) is 0 Å². The van der Waals surface area contributed by atoms with Crippen LogP contribution in [0.25, 0.3) is 0 Å². The molecule has 0 unspecified atom stereocenters. The number of nitrogens with one attached hydrogen (secondary N) is 1. The lowest BCUT2D eigenvalue weighted by Crippen LogP contribution is -2.08. The molecule has 0 bridgehead atoms. The molecule has 0 aliphatic carbocycles. The largest absolute Gasteiger partial charge is 0.466 e. The van der Waals surface area contributed by atoms with Gasteiger partial charge >= 0.3 is 12.1 Å². The summed E-state index contributed by atoms with van der Waals surface area (Å²) < 4.78 is 43.2. The van der Waals surface area contributed by atoms with E-state index in [1.807, 2.05) is 12.1 Å². The average molecular weight is 373 g/mol. The number of hydrogen-bond donors (Lipinski definition) is 2. The Morgan fingerprint density at radius 1 is 1.24 bits per heavy atom. The molecule has 0 amide bonds. The summed E-state index contributed by atoms with van der Waals surface area (Å²) in [5.74, 6) is -0.340. The predicted molar refractivity (Wildman–Crippen MR) is 90.9 cm³/mol. The fraction of sp³-hybridized carbons (Fsp3) is 0.235. The van der Waals surface area contributed by atoms with Gasteiger partial charge in [0.2, 0.25) is 0 Å². The Kier molecular flexibility index (Phi) is 5.79. The van der Waals surface area contributed by atoms with Crippen molar-refractivity contribution in [3.63, 3.8) is 0 Å². The second-order valence-electron chi connectivity index (χ2n) is 5.33. The zero-order valence-electron chi connectivity index (χ0n) is 13.3. The van der Waals surface area contributed by atoms with Crippen LogP contribution >= 0.6 is 11.6 Å². The Bertz CT molecular complexity index is 762. The van der Waals surface area contributed by atoms with E-state index >= 15 is 0 Å². The lowest BCUT2D eigenvalue weighted by molar-refractivity contribution is -0.141. The maximum Gasteiger partial charge on any atom is 0.417 e. The summed E-state index contributed by atoms with van der Waals surface area (Å²) in [6.07, 6.45) is -4.00. The number of anilines is 3. The van der Waals surface area contributed by atoms with Crippen LogP contribution in [0.5, 0.6) is 0 Å². The third-order valence-electron chi connectivity index (χ3n) is 3.37. The molecule has 0 saturated carbocycles. The highest BCUT2D eigenvalue weighted by molar-refractivity contribution is 6.32.